The first kappa shape index (κ1) is 9.81. The molecule has 1 aliphatic rings. The third kappa shape index (κ3) is 1.86. The van der Waals surface area contributed by atoms with Crippen molar-refractivity contribution in [3.05, 3.63) is 28.8 Å². The van der Waals surface area contributed by atoms with E-state index in [1.807, 2.05) is 18.2 Å². The molecule has 1 aromatic carbocycles. The van der Waals surface area contributed by atoms with E-state index in [9.17, 15) is 0 Å². The van der Waals surface area contributed by atoms with Crippen LogP contribution < -0.4 is 10.1 Å². The molecule has 0 saturated carbocycles. The molecule has 1 unspecified atom stereocenters. The minimum Gasteiger partial charge on any atom is -0.496 e. The number of ether oxygens (including phenoxy) is 1. The molecule has 3 heteroatoms. The summed E-state index contributed by atoms with van der Waals surface area (Å²) in [6.45, 7) is 1.08. The summed E-state index contributed by atoms with van der Waals surface area (Å²) in [5, 5.41) is 4.21. The first-order valence-electron chi connectivity index (χ1n) is 4.88. The third-order valence-corrected chi connectivity index (χ3v) is 2.86. The molecular weight excluding hydrogens is 198 g/mol. The number of hydrogen-bond acceptors (Lipinski definition) is 2. The van der Waals surface area contributed by atoms with Gasteiger partial charge in [-0.25, -0.2) is 0 Å². The molecule has 1 aromatic rings. The average molecular weight is 212 g/mol. The molecule has 1 saturated heterocycles. The lowest BCUT2D eigenvalue weighted by atomic mass is 10.0. The van der Waals surface area contributed by atoms with E-state index < -0.39 is 0 Å². The molecule has 0 spiro atoms. The van der Waals surface area contributed by atoms with Crippen molar-refractivity contribution in [1.82, 2.24) is 5.32 Å². The molecule has 0 amide bonds. The summed E-state index contributed by atoms with van der Waals surface area (Å²) >= 11 is 5.97. The smallest absolute Gasteiger partial charge is 0.123 e. The molecule has 14 heavy (non-hydrogen) atoms. The summed E-state index contributed by atoms with van der Waals surface area (Å²) in [4.78, 5) is 0. The molecule has 0 radical (unpaired) electrons. The van der Waals surface area contributed by atoms with Crippen LogP contribution in [0.15, 0.2) is 18.2 Å². The van der Waals surface area contributed by atoms with E-state index in [0.29, 0.717) is 6.04 Å². The summed E-state index contributed by atoms with van der Waals surface area (Å²) in [5.41, 5.74) is 1.18. The topological polar surface area (TPSA) is 21.3 Å². The zero-order valence-corrected chi connectivity index (χ0v) is 8.97. The van der Waals surface area contributed by atoms with E-state index >= 15 is 0 Å². The maximum Gasteiger partial charge on any atom is 0.123 e. The lowest BCUT2D eigenvalue weighted by molar-refractivity contribution is 0.403. The molecule has 2 nitrogen and oxygen atoms in total. The lowest BCUT2D eigenvalue weighted by Gasteiger charge is -2.15. The highest BCUT2D eigenvalue weighted by molar-refractivity contribution is 6.30. The van der Waals surface area contributed by atoms with Gasteiger partial charge < -0.3 is 10.1 Å². The second-order valence-corrected chi connectivity index (χ2v) is 3.97. The fourth-order valence-electron chi connectivity index (χ4n) is 1.93. The number of halogens is 1. The molecule has 2 rings (SSSR count). The summed E-state index contributed by atoms with van der Waals surface area (Å²) in [6.07, 6.45) is 2.39. The summed E-state index contributed by atoms with van der Waals surface area (Å²) in [7, 11) is 1.70. The zero-order valence-electron chi connectivity index (χ0n) is 8.22. The van der Waals surface area contributed by atoms with Crippen LogP contribution in [0.5, 0.6) is 5.75 Å². The Morgan fingerprint density at radius 1 is 1.50 bits per heavy atom. The highest BCUT2D eigenvalue weighted by Crippen LogP contribution is 2.32. The van der Waals surface area contributed by atoms with Crippen molar-refractivity contribution in [2.45, 2.75) is 18.9 Å². The second-order valence-electron chi connectivity index (χ2n) is 3.54. The van der Waals surface area contributed by atoms with Gasteiger partial charge in [0, 0.05) is 16.6 Å². The van der Waals surface area contributed by atoms with Crippen LogP contribution >= 0.6 is 11.6 Å². The molecule has 1 fully saturated rings. The third-order valence-electron chi connectivity index (χ3n) is 2.63. The van der Waals surface area contributed by atoms with E-state index in [1.165, 1.54) is 12.0 Å². The maximum atomic E-state index is 5.97. The molecule has 1 aliphatic heterocycles. The quantitative estimate of drug-likeness (QED) is 0.813. The van der Waals surface area contributed by atoms with Gasteiger partial charge in [0.15, 0.2) is 0 Å². The van der Waals surface area contributed by atoms with Gasteiger partial charge in [0.1, 0.15) is 5.75 Å². The lowest BCUT2D eigenvalue weighted by Crippen LogP contribution is -2.13. The summed E-state index contributed by atoms with van der Waals surface area (Å²) in [6, 6.07) is 6.18. The minimum atomic E-state index is 0.406. The van der Waals surface area contributed by atoms with E-state index in [0.717, 1.165) is 23.7 Å². The first-order valence-corrected chi connectivity index (χ1v) is 5.26. The number of rotatable bonds is 2. The Morgan fingerprint density at radius 2 is 2.36 bits per heavy atom. The highest BCUT2D eigenvalue weighted by Gasteiger charge is 2.19. The van der Waals surface area contributed by atoms with Crippen molar-refractivity contribution >= 4 is 11.6 Å². The molecule has 0 bridgehead atoms. The normalized spacial score (nSPS) is 21.1. The average Bonchev–Trinajstić information content (AvgIpc) is 2.70. The van der Waals surface area contributed by atoms with Gasteiger partial charge in [-0.05, 0) is 37.6 Å². The molecular formula is C11H14ClNO. The molecule has 0 aliphatic carbocycles. The van der Waals surface area contributed by atoms with Crippen LogP contribution in [0.25, 0.3) is 0 Å². The second kappa shape index (κ2) is 4.20. The van der Waals surface area contributed by atoms with E-state index in [-0.39, 0.29) is 0 Å². The highest BCUT2D eigenvalue weighted by atomic mass is 35.5. The monoisotopic (exact) mass is 211 g/mol. The van der Waals surface area contributed by atoms with Crippen molar-refractivity contribution in [3.63, 3.8) is 0 Å². The van der Waals surface area contributed by atoms with Gasteiger partial charge in [0.2, 0.25) is 0 Å². The van der Waals surface area contributed by atoms with Crippen molar-refractivity contribution < 1.29 is 4.74 Å². The van der Waals surface area contributed by atoms with Crippen LogP contribution in [-0.4, -0.2) is 13.7 Å². The maximum absolute atomic E-state index is 5.97. The van der Waals surface area contributed by atoms with Crippen molar-refractivity contribution in [3.8, 4) is 5.75 Å². The standard InChI is InChI=1S/C11H14ClNO/c1-14-11-5-4-8(12)7-9(11)10-3-2-6-13-10/h4-5,7,10,13H,2-3,6H2,1H3. The minimum absolute atomic E-state index is 0.406. The number of nitrogens with one attached hydrogen (secondary N) is 1. The number of benzene rings is 1. The Kier molecular flexibility index (Phi) is 2.94. The largest absolute Gasteiger partial charge is 0.496 e. The Balaban J connectivity index is 2.33. The Hall–Kier alpha value is -0.730. The van der Waals surface area contributed by atoms with Gasteiger partial charge in [0.05, 0.1) is 7.11 Å². The van der Waals surface area contributed by atoms with Crippen molar-refractivity contribution in [1.29, 1.82) is 0 Å². The Morgan fingerprint density at radius 3 is 3.00 bits per heavy atom. The van der Waals surface area contributed by atoms with Gasteiger partial charge in [-0.1, -0.05) is 11.6 Å². The van der Waals surface area contributed by atoms with Crippen LogP contribution in [0.1, 0.15) is 24.4 Å². The molecule has 1 N–H and O–H groups in total. The predicted molar refractivity (Wildman–Crippen MR) is 58.0 cm³/mol. The summed E-state index contributed by atoms with van der Waals surface area (Å²) in [5.74, 6) is 0.925. The fraction of sp³-hybridized carbons (Fsp3) is 0.455. The van der Waals surface area contributed by atoms with Gasteiger partial charge in [-0.3, -0.25) is 0 Å². The van der Waals surface area contributed by atoms with Gasteiger partial charge >= 0.3 is 0 Å². The van der Waals surface area contributed by atoms with E-state index in [2.05, 4.69) is 5.32 Å². The number of methoxy groups -OCH3 is 1. The van der Waals surface area contributed by atoms with Crippen molar-refractivity contribution in [2.75, 3.05) is 13.7 Å². The van der Waals surface area contributed by atoms with Crippen LogP contribution in [0, 0.1) is 0 Å². The van der Waals surface area contributed by atoms with Gasteiger partial charge in [-0.2, -0.15) is 0 Å². The van der Waals surface area contributed by atoms with Gasteiger partial charge in [0.25, 0.3) is 0 Å². The summed E-state index contributed by atoms with van der Waals surface area (Å²) < 4.78 is 5.31. The molecule has 1 atom stereocenters. The molecule has 0 aromatic heterocycles. The van der Waals surface area contributed by atoms with Crippen molar-refractivity contribution in [2.24, 2.45) is 0 Å². The predicted octanol–water partition coefficient (Wildman–Crippen LogP) is 2.77. The van der Waals surface area contributed by atoms with Gasteiger partial charge in [-0.15, -0.1) is 0 Å². The number of hydrogen-bond donors (Lipinski definition) is 1. The van der Waals surface area contributed by atoms with Crippen LogP contribution in [0.2, 0.25) is 5.02 Å². The zero-order chi connectivity index (χ0) is 9.97. The molecule has 1 heterocycles. The SMILES string of the molecule is COc1ccc(Cl)cc1C1CCCN1. The van der Waals surface area contributed by atoms with Crippen LogP contribution in [0.3, 0.4) is 0 Å². The van der Waals surface area contributed by atoms with Crippen LogP contribution in [-0.2, 0) is 0 Å². The van der Waals surface area contributed by atoms with E-state index in [1.54, 1.807) is 7.11 Å². The Bertz CT molecular complexity index is 321. The first-order chi connectivity index (χ1) is 6.81. The fourth-order valence-corrected chi connectivity index (χ4v) is 2.11. The Labute approximate surface area is 89.2 Å². The van der Waals surface area contributed by atoms with E-state index in [4.69, 9.17) is 16.3 Å². The molecule has 76 valence electrons. The van der Waals surface area contributed by atoms with Crippen LogP contribution in [0.4, 0.5) is 0 Å².